The molecule has 0 amide bonds. The summed E-state index contributed by atoms with van der Waals surface area (Å²) >= 11 is 0. The van der Waals surface area contributed by atoms with Crippen LogP contribution in [-0.2, 0) is 9.53 Å². The summed E-state index contributed by atoms with van der Waals surface area (Å²) in [5, 5.41) is 8.58. The Morgan fingerprint density at radius 2 is 2.08 bits per heavy atom. The standard InChI is InChI=1S/C9H12O3/c1-3-5-8(9(10)11)7-12-6-4-2/h3-4,7H,1-2,5-6H2,(H,10,11). The summed E-state index contributed by atoms with van der Waals surface area (Å²) in [6.07, 6.45) is 4.57. The number of ether oxygens (including phenoxy) is 1. The van der Waals surface area contributed by atoms with Crippen LogP contribution in [0.25, 0.3) is 0 Å². The lowest BCUT2D eigenvalue weighted by molar-refractivity contribution is -0.132. The minimum Gasteiger partial charge on any atom is -0.497 e. The van der Waals surface area contributed by atoms with Crippen LogP contribution in [-0.4, -0.2) is 17.7 Å². The lowest BCUT2D eigenvalue weighted by Gasteiger charge is -1.98. The van der Waals surface area contributed by atoms with Gasteiger partial charge in [-0.25, -0.2) is 4.79 Å². The van der Waals surface area contributed by atoms with E-state index in [9.17, 15) is 4.79 Å². The molecule has 0 aromatic carbocycles. The molecule has 0 heterocycles. The maximum absolute atomic E-state index is 10.5. The van der Waals surface area contributed by atoms with Crippen molar-refractivity contribution in [1.29, 1.82) is 0 Å². The van der Waals surface area contributed by atoms with Crippen molar-refractivity contribution in [3.8, 4) is 0 Å². The highest BCUT2D eigenvalue weighted by Gasteiger charge is 2.04. The molecular weight excluding hydrogens is 156 g/mol. The van der Waals surface area contributed by atoms with Gasteiger partial charge in [0, 0.05) is 6.42 Å². The second kappa shape index (κ2) is 6.22. The average Bonchev–Trinajstić information content (AvgIpc) is 2.03. The molecule has 0 spiro atoms. The zero-order valence-electron chi connectivity index (χ0n) is 6.82. The number of rotatable bonds is 6. The van der Waals surface area contributed by atoms with Crippen molar-refractivity contribution in [3.05, 3.63) is 37.1 Å². The molecule has 0 aromatic heterocycles. The first kappa shape index (κ1) is 10.5. The van der Waals surface area contributed by atoms with Crippen molar-refractivity contribution in [2.45, 2.75) is 6.42 Å². The third-order valence-corrected chi connectivity index (χ3v) is 1.08. The first-order valence-electron chi connectivity index (χ1n) is 3.48. The normalized spacial score (nSPS) is 10.5. The molecule has 0 saturated carbocycles. The fourth-order valence-corrected chi connectivity index (χ4v) is 0.558. The Balaban J connectivity index is 4.07. The fraction of sp³-hybridized carbons (Fsp3) is 0.222. The van der Waals surface area contributed by atoms with Crippen molar-refractivity contribution in [2.75, 3.05) is 6.61 Å². The van der Waals surface area contributed by atoms with E-state index < -0.39 is 5.97 Å². The Labute approximate surface area is 71.7 Å². The van der Waals surface area contributed by atoms with Gasteiger partial charge in [0.1, 0.15) is 6.61 Å². The molecule has 1 N–H and O–H groups in total. The molecule has 12 heavy (non-hydrogen) atoms. The average molecular weight is 168 g/mol. The maximum atomic E-state index is 10.5. The van der Waals surface area contributed by atoms with Gasteiger partial charge in [-0.05, 0) is 0 Å². The molecule has 0 unspecified atom stereocenters. The molecule has 0 atom stereocenters. The Kier molecular flexibility index (Phi) is 5.43. The van der Waals surface area contributed by atoms with Crippen LogP contribution in [0.4, 0.5) is 0 Å². The van der Waals surface area contributed by atoms with E-state index in [1.54, 1.807) is 6.08 Å². The Hall–Kier alpha value is -1.51. The predicted molar refractivity (Wildman–Crippen MR) is 46.7 cm³/mol. The summed E-state index contributed by atoms with van der Waals surface area (Å²) in [4.78, 5) is 10.5. The lowest BCUT2D eigenvalue weighted by atomic mass is 10.2. The number of allylic oxidation sites excluding steroid dienone is 1. The fourth-order valence-electron chi connectivity index (χ4n) is 0.558. The van der Waals surface area contributed by atoms with Gasteiger partial charge in [0.05, 0.1) is 11.8 Å². The van der Waals surface area contributed by atoms with E-state index in [0.717, 1.165) is 0 Å². The van der Waals surface area contributed by atoms with Crippen LogP contribution in [0.15, 0.2) is 37.1 Å². The lowest BCUT2D eigenvalue weighted by Crippen LogP contribution is -2.00. The molecule has 0 bridgehead atoms. The molecule has 0 aromatic rings. The predicted octanol–water partition coefficient (Wildman–Crippen LogP) is 1.73. The van der Waals surface area contributed by atoms with Crippen LogP contribution in [0.1, 0.15) is 6.42 Å². The highest BCUT2D eigenvalue weighted by Crippen LogP contribution is 2.02. The summed E-state index contributed by atoms with van der Waals surface area (Å²) in [5.41, 5.74) is 0.187. The number of carbonyl (C=O) groups is 1. The van der Waals surface area contributed by atoms with E-state index >= 15 is 0 Å². The Morgan fingerprint density at radius 3 is 2.50 bits per heavy atom. The van der Waals surface area contributed by atoms with E-state index in [0.29, 0.717) is 13.0 Å². The molecule has 0 saturated heterocycles. The van der Waals surface area contributed by atoms with E-state index in [4.69, 9.17) is 9.84 Å². The van der Waals surface area contributed by atoms with Crippen LogP contribution < -0.4 is 0 Å². The monoisotopic (exact) mass is 168 g/mol. The van der Waals surface area contributed by atoms with Crippen LogP contribution in [0.5, 0.6) is 0 Å². The molecule has 66 valence electrons. The summed E-state index contributed by atoms with van der Waals surface area (Å²) in [5.74, 6) is -0.987. The summed E-state index contributed by atoms with van der Waals surface area (Å²) in [6, 6.07) is 0. The van der Waals surface area contributed by atoms with Gasteiger partial charge in [0.15, 0.2) is 0 Å². The molecule has 0 radical (unpaired) electrons. The molecule has 0 fully saturated rings. The van der Waals surface area contributed by atoms with Crippen molar-refractivity contribution in [2.24, 2.45) is 0 Å². The second-order valence-electron chi connectivity index (χ2n) is 2.06. The molecule has 0 aliphatic heterocycles. The topological polar surface area (TPSA) is 46.5 Å². The largest absolute Gasteiger partial charge is 0.497 e. The number of aliphatic carboxylic acids is 1. The molecule has 0 rings (SSSR count). The van der Waals surface area contributed by atoms with E-state index in [1.807, 2.05) is 0 Å². The molecule has 3 heteroatoms. The highest BCUT2D eigenvalue weighted by molar-refractivity contribution is 5.86. The summed E-state index contributed by atoms with van der Waals surface area (Å²) in [6.45, 7) is 7.17. The molecule has 3 nitrogen and oxygen atoms in total. The quantitative estimate of drug-likeness (QED) is 0.284. The first-order chi connectivity index (χ1) is 5.72. The van der Waals surface area contributed by atoms with Crippen molar-refractivity contribution >= 4 is 5.97 Å². The number of carboxylic acid groups (broad SMARTS) is 1. The SMILES string of the molecule is C=CCOC=C(CC=C)C(=O)O. The van der Waals surface area contributed by atoms with Gasteiger partial charge in [-0.2, -0.15) is 0 Å². The highest BCUT2D eigenvalue weighted by atomic mass is 16.5. The maximum Gasteiger partial charge on any atom is 0.335 e. The van der Waals surface area contributed by atoms with Gasteiger partial charge < -0.3 is 9.84 Å². The summed E-state index contributed by atoms with van der Waals surface area (Å²) in [7, 11) is 0. The van der Waals surface area contributed by atoms with Gasteiger partial charge in [-0.1, -0.05) is 18.7 Å². The molecule has 0 aliphatic rings. The van der Waals surface area contributed by atoms with Gasteiger partial charge in [-0.3, -0.25) is 0 Å². The van der Waals surface area contributed by atoms with Crippen LogP contribution in [0, 0.1) is 0 Å². The second-order valence-corrected chi connectivity index (χ2v) is 2.06. The summed E-state index contributed by atoms with van der Waals surface area (Å²) < 4.78 is 4.85. The van der Waals surface area contributed by atoms with Crippen molar-refractivity contribution in [3.63, 3.8) is 0 Å². The third kappa shape index (κ3) is 4.33. The van der Waals surface area contributed by atoms with Gasteiger partial charge in [0.2, 0.25) is 0 Å². The van der Waals surface area contributed by atoms with Gasteiger partial charge >= 0.3 is 5.97 Å². The first-order valence-corrected chi connectivity index (χ1v) is 3.48. The van der Waals surface area contributed by atoms with Crippen LogP contribution in [0.2, 0.25) is 0 Å². The Morgan fingerprint density at radius 1 is 1.42 bits per heavy atom. The molecular formula is C9H12O3. The number of hydrogen-bond acceptors (Lipinski definition) is 2. The van der Waals surface area contributed by atoms with Gasteiger partial charge in [-0.15, -0.1) is 6.58 Å². The minimum absolute atomic E-state index is 0.187. The smallest absolute Gasteiger partial charge is 0.335 e. The van der Waals surface area contributed by atoms with Crippen molar-refractivity contribution < 1.29 is 14.6 Å². The zero-order chi connectivity index (χ0) is 9.40. The minimum atomic E-state index is -0.987. The van der Waals surface area contributed by atoms with E-state index in [2.05, 4.69) is 13.2 Å². The third-order valence-electron chi connectivity index (χ3n) is 1.08. The molecule has 0 aliphatic carbocycles. The number of carboxylic acids is 1. The van der Waals surface area contributed by atoms with Crippen LogP contribution >= 0.6 is 0 Å². The van der Waals surface area contributed by atoms with E-state index in [-0.39, 0.29) is 5.57 Å². The number of hydrogen-bond donors (Lipinski definition) is 1. The van der Waals surface area contributed by atoms with Crippen molar-refractivity contribution in [1.82, 2.24) is 0 Å². The van der Waals surface area contributed by atoms with Gasteiger partial charge in [0.25, 0.3) is 0 Å². The zero-order valence-corrected chi connectivity index (χ0v) is 6.82. The Bertz CT molecular complexity index is 204. The van der Waals surface area contributed by atoms with E-state index in [1.165, 1.54) is 12.3 Å². The van der Waals surface area contributed by atoms with Crippen LogP contribution in [0.3, 0.4) is 0 Å².